The number of carbonyl (C=O) groups excluding carboxylic acids is 1. The van der Waals surface area contributed by atoms with Gasteiger partial charge in [-0.3, -0.25) is 9.78 Å². The third-order valence-corrected chi connectivity index (χ3v) is 7.43. The van der Waals surface area contributed by atoms with E-state index in [1.807, 2.05) is 12.1 Å². The first-order valence-corrected chi connectivity index (χ1v) is 13.9. The van der Waals surface area contributed by atoms with Gasteiger partial charge in [-0.1, -0.05) is 96.1 Å². The molecule has 0 unspecified atom stereocenters. The highest BCUT2D eigenvalue weighted by atomic mass is 32.1. The summed E-state index contributed by atoms with van der Waals surface area (Å²) < 4.78 is 7.03. The number of carbonyl (C=O) groups is 1. The zero-order chi connectivity index (χ0) is 24.0. The number of ether oxygens (including phenoxy) is 1. The van der Waals surface area contributed by atoms with Crippen LogP contribution < -0.4 is 10.5 Å². The fourth-order valence-electron chi connectivity index (χ4n) is 4.38. The highest BCUT2D eigenvalue weighted by Crippen LogP contribution is 2.34. The number of primary amides is 1. The third-order valence-electron chi connectivity index (χ3n) is 6.35. The molecule has 2 aromatic heterocycles. The number of rotatable bonds is 17. The number of unbranched alkanes of at least 4 members (excludes halogenated alkanes) is 12. The van der Waals surface area contributed by atoms with Crippen LogP contribution in [-0.4, -0.2) is 10.9 Å². The maximum absolute atomic E-state index is 11.5. The summed E-state index contributed by atoms with van der Waals surface area (Å²) in [5.41, 5.74) is 6.73. The largest absolute Gasteiger partial charge is 0.455 e. The Bertz CT molecular complexity index is 1010. The van der Waals surface area contributed by atoms with Gasteiger partial charge in [0.05, 0.1) is 15.8 Å². The zero-order valence-corrected chi connectivity index (χ0v) is 21.5. The maximum atomic E-state index is 11.5. The van der Waals surface area contributed by atoms with E-state index in [2.05, 4.69) is 24.0 Å². The lowest BCUT2D eigenvalue weighted by molar-refractivity contribution is 0.100. The molecular formula is C29H40N2O2S. The first-order valence-electron chi connectivity index (χ1n) is 13.1. The van der Waals surface area contributed by atoms with Gasteiger partial charge in [0.15, 0.2) is 5.75 Å². The predicted molar refractivity (Wildman–Crippen MR) is 144 cm³/mol. The number of amides is 1. The first kappa shape index (κ1) is 26.2. The molecule has 0 fully saturated rings. The zero-order valence-electron chi connectivity index (χ0n) is 20.7. The molecule has 2 heterocycles. The number of thiophene rings is 1. The van der Waals surface area contributed by atoms with Gasteiger partial charge in [-0.2, -0.15) is 0 Å². The second-order valence-electron chi connectivity index (χ2n) is 9.27. The Hall–Kier alpha value is -2.40. The Morgan fingerprint density at radius 2 is 1.53 bits per heavy atom. The van der Waals surface area contributed by atoms with Gasteiger partial charge < -0.3 is 10.5 Å². The number of pyridine rings is 1. The summed E-state index contributed by atoms with van der Waals surface area (Å²) in [4.78, 5) is 16.3. The van der Waals surface area contributed by atoms with Crippen LogP contribution in [0.1, 0.15) is 106 Å². The van der Waals surface area contributed by atoms with Crippen molar-refractivity contribution < 1.29 is 9.53 Å². The van der Waals surface area contributed by atoms with Crippen LogP contribution in [0.15, 0.2) is 42.7 Å². The van der Waals surface area contributed by atoms with Crippen LogP contribution >= 0.6 is 11.3 Å². The Morgan fingerprint density at radius 1 is 0.882 bits per heavy atom. The van der Waals surface area contributed by atoms with Crippen LogP contribution in [0.5, 0.6) is 11.5 Å². The molecular weight excluding hydrogens is 440 g/mol. The molecule has 0 saturated heterocycles. The number of nitrogens with zero attached hydrogens (tertiary/aromatic N) is 1. The van der Waals surface area contributed by atoms with E-state index in [1.54, 1.807) is 18.5 Å². The Labute approximate surface area is 208 Å². The molecule has 184 valence electrons. The molecule has 0 spiro atoms. The number of hydrogen-bond donors (Lipinski definition) is 1. The number of nitrogens with two attached hydrogens (primary N) is 1. The first-order chi connectivity index (χ1) is 16.7. The molecule has 0 aliphatic carbocycles. The Balaban J connectivity index is 1.34. The lowest BCUT2D eigenvalue weighted by atomic mass is 10.0. The molecule has 1 amide bonds. The average Bonchev–Trinajstić information content (AvgIpc) is 3.28. The van der Waals surface area contributed by atoms with Crippen LogP contribution in [0, 0.1) is 0 Å². The highest BCUT2D eigenvalue weighted by Gasteiger charge is 2.12. The molecule has 0 aliphatic heterocycles. The molecule has 2 N–H and O–H groups in total. The van der Waals surface area contributed by atoms with Gasteiger partial charge in [0, 0.05) is 11.6 Å². The third kappa shape index (κ3) is 8.75. The fourth-order valence-corrected chi connectivity index (χ4v) is 5.27. The lowest BCUT2D eigenvalue weighted by Gasteiger charge is -2.09. The van der Waals surface area contributed by atoms with Gasteiger partial charge >= 0.3 is 0 Å². The second kappa shape index (κ2) is 14.8. The van der Waals surface area contributed by atoms with E-state index in [-0.39, 0.29) is 0 Å². The van der Waals surface area contributed by atoms with E-state index in [4.69, 9.17) is 10.5 Å². The summed E-state index contributed by atoms with van der Waals surface area (Å²) in [5.74, 6) is 1.03. The predicted octanol–water partition coefficient (Wildman–Crippen LogP) is 8.82. The van der Waals surface area contributed by atoms with Crippen LogP contribution in [0.25, 0.3) is 10.1 Å². The van der Waals surface area contributed by atoms with E-state index in [0.717, 1.165) is 22.3 Å². The van der Waals surface area contributed by atoms with Crippen molar-refractivity contribution >= 4 is 27.3 Å². The smallest absolute Gasteiger partial charge is 0.258 e. The molecule has 4 nitrogen and oxygen atoms in total. The molecule has 0 aliphatic rings. The van der Waals surface area contributed by atoms with E-state index in [0.29, 0.717) is 10.6 Å². The molecule has 0 atom stereocenters. The minimum absolute atomic E-state index is 0.424. The maximum Gasteiger partial charge on any atom is 0.258 e. The van der Waals surface area contributed by atoms with Crippen molar-refractivity contribution in [3.63, 3.8) is 0 Å². The van der Waals surface area contributed by atoms with Crippen molar-refractivity contribution in [3.05, 3.63) is 53.2 Å². The normalized spacial score (nSPS) is 11.2. The van der Waals surface area contributed by atoms with Crippen molar-refractivity contribution in [1.29, 1.82) is 0 Å². The van der Waals surface area contributed by atoms with Crippen LogP contribution in [0.4, 0.5) is 0 Å². The van der Waals surface area contributed by atoms with E-state index < -0.39 is 5.91 Å². The SMILES string of the molecule is CCCCCCCCCCCCCCCc1cccc(Oc2cncc3sc(C(N)=O)cc23)c1. The summed E-state index contributed by atoms with van der Waals surface area (Å²) in [6.45, 7) is 2.28. The average molecular weight is 481 g/mol. The monoisotopic (exact) mass is 480 g/mol. The lowest BCUT2D eigenvalue weighted by Crippen LogP contribution is -2.08. The minimum atomic E-state index is -0.424. The molecule has 0 bridgehead atoms. The number of aromatic nitrogens is 1. The van der Waals surface area contributed by atoms with Crippen molar-refractivity contribution in [2.75, 3.05) is 0 Å². The van der Waals surface area contributed by atoms with Crippen molar-refractivity contribution in [1.82, 2.24) is 4.98 Å². The molecule has 1 aromatic carbocycles. The summed E-state index contributed by atoms with van der Waals surface area (Å²) in [6, 6.07) is 10.1. The van der Waals surface area contributed by atoms with E-state index in [1.165, 1.54) is 100 Å². The molecule has 5 heteroatoms. The summed E-state index contributed by atoms with van der Waals surface area (Å²) in [6.07, 6.45) is 22.3. The number of hydrogen-bond acceptors (Lipinski definition) is 4. The topological polar surface area (TPSA) is 65.2 Å². The Kier molecular flexibility index (Phi) is 11.4. The van der Waals surface area contributed by atoms with Crippen LogP contribution in [0.3, 0.4) is 0 Å². The van der Waals surface area contributed by atoms with Gasteiger partial charge in [0.2, 0.25) is 0 Å². The summed E-state index contributed by atoms with van der Waals surface area (Å²) >= 11 is 1.34. The Morgan fingerprint density at radius 3 is 2.18 bits per heavy atom. The van der Waals surface area contributed by atoms with Gasteiger partial charge in [-0.05, 0) is 36.6 Å². The van der Waals surface area contributed by atoms with Crippen molar-refractivity contribution in [2.24, 2.45) is 5.73 Å². The quantitative estimate of drug-likeness (QED) is 0.196. The van der Waals surface area contributed by atoms with Gasteiger partial charge in [-0.15, -0.1) is 11.3 Å². The summed E-state index contributed by atoms with van der Waals surface area (Å²) in [7, 11) is 0. The standard InChI is InChI=1S/C29H40N2O2S/c1-2-3-4-5-6-7-8-9-10-11-12-13-14-16-23-17-15-18-24(19-23)33-26-21-31-22-28-25(26)20-27(34-28)29(30)32/h15,17-22H,2-14,16H2,1H3,(H2,30,32). The summed E-state index contributed by atoms with van der Waals surface area (Å²) in [5, 5.41) is 0.871. The van der Waals surface area contributed by atoms with Crippen LogP contribution in [0.2, 0.25) is 0 Å². The number of benzene rings is 1. The minimum Gasteiger partial charge on any atom is -0.455 e. The molecule has 0 saturated carbocycles. The molecule has 3 aromatic rings. The van der Waals surface area contributed by atoms with Crippen molar-refractivity contribution in [2.45, 2.75) is 96.8 Å². The molecule has 34 heavy (non-hydrogen) atoms. The van der Waals surface area contributed by atoms with Gasteiger partial charge in [-0.25, -0.2) is 0 Å². The van der Waals surface area contributed by atoms with Crippen LogP contribution in [-0.2, 0) is 6.42 Å². The van der Waals surface area contributed by atoms with E-state index in [9.17, 15) is 4.79 Å². The van der Waals surface area contributed by atoms with E-state index >= 15 is 0 Å². The second-order valence-corrected chi connectivity index (χ2v) is 10.4. The highest BCUT2D eigenvalue weighted by molar-refractivity contribution is 7.20. The molecule has 0 radical (unpaired) electrons. The van der Waals surface area contributed by atoms with Gasteiger partial charge in [0.1, 0.15) is 5.75 Å². The van der Waals surface area contributed by atoms with Crippen molar-refractivity contribution in [3.8, 4) is 11.5 Å². The number of aryl methyl sites for hydroxylation is 1. The van der Waals surface area contributed by atoms with Gasteiger partial charge in [0.25, 0.3) is 5.91 Å². The number of fused-ring (bicyclic) bond motifs is 1. The fraction of sp³-hybridized carbons (Fsp3) is 0.517. The molecule has 3 rings (SSSR count).